The van der Waals surface area contributed by atoms with Gasteiger partial charge >= 0.3 is 0 Å². The van der Waals surface area contributed by atoms with Gasteiger partial charge in [-0.1, -0.05) is 29.8 Å². The number of hydrogen-bond acceptors (Lipinski definition) is 4. The van der Waals surface area contributed by atoms with E-state index < -0.39 is 10.0 Å². The van der Waals surface area contributed by atoms with Gasteiger partial charge in [-0.15, -0.1) is 0 Å². The van der Waals surface area contributed by atoms with E-state index >= 15 is 0 Å². The minimum atomic E-state index is -3.58. The number of nitrogens with one attached hydrogen (secondary N) is 1. The molecule has 2 aromatic carbocycles. The Morgan fingerprint density at radius 1 is 0.971 bits per heavy atom. The number of aromatic nitrogens is 2. The average Bonchev–Trinajstić information content (AvgIpc) is 3.18. The average molecular weight is 477 g/mol. The number of rotatable bonds is 8. The molecule has 0 aliphatic heterocycles. The Kier molecular flexibility index (Phi) is 6.81. The Labute approximate surface area is 200 Å². The molecule has 4 aromatic rings. The highest BCUT2D eigenvalue weighted by Crippen LogP contribution is 2.26. The van der Waals surface area contributed by atoms with Crippen LogP contribution in [0.15, 0.2) is 78.0 Å². The molecule has 7 nitrogen and oxygen atoms in total. The topological polar surface area (TPSA) is 84.3 Å². The molecule has 1 N–H and O–H groups in total. The summed E-state index contributed by atoms with van der Waals surface area (Å²) in [5, 5.41) is 3.71. The van der Waals surface area contributed by atoms with Crippen molar-refractivity contribution in [2.24, 2.45) is 0 Å². The maximum Gasteiger partial charge on any atom is 0.267 e. The fourth-order valence-corrected chi connectivity index (χ4v) is 4.75. The van der Waals surface area contributed by atoms with Gasteiger partial charge in [0, 0.05) is 50.5 Å². The number of aryl methyl sites for hydroxylation is 1. The molecule has 0 saturated carbocycles. The van der Waals surface area contributed by atoms with Crippen molar-refractivity contribution in [1.82, 2.24) is 19.2 Å². The number of fused-ring (bicyclic) bond motifs is 1. The van der Waals surface area contributed by atoms with Gasteiger partial charge in [-0.3, -0.25) is 9.78 Å². The number of amides is 1. The van der Waals surface area contributed by atoms with Crippen LogP contribution in [0.3, 0.4) is 0 Å². The van der Waals surface area contributed by atoms with Crippen LogP contribution in [0.2, 0.25) is 0 Å². The van der Waals surface area contributed by atoms with E-state index in [1.807, 2.05) is 23.6 Å². The Balaban J connectivity index is 1.65. The molecule has 0 unspecified atom stereocenters. The summed E-state index contributed by atoms with van der Waals surface area (Å²) in [6, 6.07) is 18.8. The van der Waals surface area contributed by atoms with Gasteiger partial charge in [-0.25, -0.2) is 12.7 Å². The summed E-state index contributed by atoms with van der Waals surface area (Å²) in [5.74, 6) is -0.200. The first-order valence-corrected chi connectivity index (χ1v) is 12.5. The van der Waals surface area contributed by atoms with Crippen molar-refractivity contribution in [2.45, 2.75) is 24.8 Å². The maximum absolute atomic E-state index is 13.2. The second kappa shape index (κ2) is 9.79. The zero-order valence-electron chi connectivity index (χ0n) is 19.5. The SMILES string of the molecule is Cc1ccc(CCNC(=O)c2cc3cc(S(=O)(=O)N(C)C)ccc3n2Cc2ccncc2)cc1. The molecule has 34 heavy (non-hydrogen) atoms. The fraction of sp³-hybridized carbons (Fsp3) is 0.231. The molecule has 176 valence electrons. The van der Waals surface area contributed by atoms with Crippen LogP contribution >= 0.6 is 0 Å². The van der Waals surface area contributed by atoms with E-state index in [0.29, 0.717) is 24.2 Å². The molecule has 0 atom stereocenters. The van der Waals surface area contributed by atoms with Crippen LogP contribution < -0.4 is 5.32 Å². The molecule has 0 aliphatic rings. The molecule has 0 radical (unpaired) electrons. The van der Waals surface area contributed by atoms with Crippen LogP contribution in [0.1, 0.15) is 27.2 Å². The molecule has 2 aromatic heterocycles. The van der Waals surface area contributed by atoms with E-state index in [2.05, 4.69) is 34.6 Å². The number of carbonyl (C=O) groups is 1. The van der Waals surface area contributed by atoms with Crippen molar-refractivity contribution < 1.29 is 13.2 Å². The van der Waals surface area contributed by atoms with Crippen LogP contribution in [0.25, 0.3) is 10.9 Å². The van der Waals surface area contributed by atoms with Gasteiger partial charge in [0.25, 0.3) is 5.91 Å². The Morgan fingerprint density at radius 3 is 2.35 bits per heavy atom. The van der Waals surface area contributed by atoms with Gasteiger partial charge in [0.1, 0.15) is 5.69 Å². The highest BCUT2D eigenvalue weighted by Gasteiger charge is 2.21. The normalized spacial score (nSPS) is 11.8. The third kappa shape index (κ3) is 5.03. The van der Waals surface area contributed by atoms with Gasteiger partial charge in [-0.05, 0) is 60.9 Å². The van der Waals surface area contributed by atoms with Crippen LogP contribution in [0, 0.1) is 6.92 Å². The number of sulfonamides is 1. The van der Waals surface area contributed by atoms with Gasteiger partial charge in [0.2, 0.25) is 10.0 Å². The number of pyridine rings is 1. The summed E-state index contributed by atoms with van der Waals surface area (Å²) in [5.41, 5.74) is 4.62. The van der Waals surface area contributed by atoms with E-state index in [1.54, 1.807) is 36.7 Å². The van der Waals surface area contributed by atoms with Crippen molar-refractivity contribution >= 4 is 26.8 Å². The minimum absolute atomic E-state index is 0.192. The lowest BCUT2D eigenvalue weighted by atomic mass is 10.1. The number of benzene rings is 2. The van der Waals surface area contributed by atoms with Crippen molar-refractivity contribution in [1.29, 1.82) is 0 Å². The summed E-state index contributed by atoms with van der Waals surface area (Å²) < 4.78 is 28.3. The number of nitrogens with zero attached hydrogens (tertiary/aromatic N) is 3. The zero-order chi connectivity index (χ0) is 24.3. The van der Waals surface area contributed by atoms with Crippen LogP contribution in [-0.4, -0.2) is 48.8 Å². The van der Waals surface area contributed by atoms with Crippen LogP contribution in [0.5, 0.6) is 0 Å². The van der Waals surface area contributed by atoms with Crippen molar-refractivity contribution in [3.8, 4) is 0 Å². The predicted molar refractivity (Wildman–Crippen MR) is 133 cm³/mol. The Bertz CT molecular complexity index is 1410. The second-order valence-electron chi connectivity index (χ2n) is 8.47. The highest BCUT2D eigenvalue weighted by molar-refractivity contribution is 7.89. The summed E-state index contributed by atoms with van der Waals surface area (Å²) >= 11 is 0. The third-order valence-corrected chi connectivity index (χ3v) is 7.60. The lowest BCUT2D eigenvalue weighted by molar-refractivity contribution is 0.0945. The second-order valence-corrected chi connectivity index (χ2v) is 10.6. The first-order chi connectivity index (χ1) is 16.3. The highest BCUT2D eigenvalue weighted by atomic mass is 32.2. The van der Waals surface area contributed by atoms with Crippen molar-refractivity contribution in [3.05, 3.63) is 95.4 Å². The van der Waals surface area contributed by atoms with Gasteiger partial charge < -0.3 is 9.88 Å². The molecule has 8 heteroatoms. The summed E-state index contributed by atoms with van der Waals surface area (Å²) in [6.07, 6.45) is 4.15. The zero-order valence-corrected chi connectivity index (χ0v) is 20.3. The van der Waals surface area contributed by atoms with E-state index in [9.17, 15) is 13.2 Å². The quantitative estimate of drug-likeness (QED) is 0.421. The molecule has 0 aliphatic carbocycles. The molecule has 0 saturated heterocycles. The lowest BCUT2D eigenvalue weighted by Gasteiger charge is -2.13. The number of hydrogen-bond donors (Lipinski definition) is 1. The van der Waals surface area contributed by atoms with Crippen molar-refractivity contribution in [3.63, 3.8) is 0 Å². The van der Waals surface area contributed by atoms with E-state index in [-0.39, 0.29) is 10.8 Å². The Hall–Kier alpha value is -3.49. The van der Waals surface area contributed by atoms with E-state index in [1.165, 1.54) is 24.0 Å². The van der Waals surface area contributed by atoms with Gasteiger partial charge in [-0.2, -0.15) is 0 Å². The predicted octanol–water partition coefficient (Wildman–Crippen LogP) is 3.62. The Morgan fingerprint density at radius 2 is 1.68 bits per heavy atom. The maximum atomic E-state index is 13.2. The van der Waals surface area contributed by atoms with Gasteiger partial charge in [0.15, 0.2) is 0 Å². The molecular weight excluding hydrogens is 448 g/mol. The van der Waals surface area contributed by atoms with Crippen molar-refractivity contribution in [2.75, 3.05) is 20.6 Å². The molecule has 0 spiro atoms. The number of carbonyl (C=O) groups excluding carboxylic acids is 1. The third-order valence-electron chi connectivity index (χ3n) is 5.79. The molecular formula is C26H28N4O3S. The summed E-state index contributed by atoms with van der Waals surface area (Å²) in [6.45, 7) is 3.01. The fourth-order valence-electron chi connectivity index (χ4n) is 3.82. The molecule has 4 rings (SSSR count). The molecule has 0 bridgehead atoms. The van der Waals surface area contributed by atoms with E-state index in [0.717, 1.165) is 23.1 Å². The molecule has 0 fully saturated rings. The van der Waals surface area contributed by atoms with E-state index in [4.69, 9.17) is 0 Å². The lowest BCUT2D eigenvalue weighted by Crippen LogP contribution is -2.28. The van der Waals surface area contributed by atoms with Crippen LogP contribution in [-0.2, 0) is 23.0 Å². The smallest absolute Gasteiger partial charge is 0.267 e. The standard InChI is InChI=1S/C26H28N4O3S/c1-19-4-6-20(7-5-19)12-15-28-26(31)25-17-22-16-23(34(32,33)29(2)3)8-9-24(22)30(25)18-21-10-13-27-14-11-21/h4-11,13-14,16-17H,12,15,18H2,1-3H3,(H,28,31). The minimum Gasteiger partial charge on any atom is -0.350 e. The molecule has 1 amide bonds. The van der Waals surface area contributed by atoms with Crippen LogP contribution in [0.4, 0.5) is 0 Å². The van der Waals surface area contributed by atoms with Gasteiger partial charge in [0.05, 0.1) is 4.90 Å². The molecule has 2 heterocycles. The first kappa shape index (κ1) is 23.7. The largest absolute Gasteiger partial charge is 0.350 e. The summed E-state index contributed by atoms with van der Waals surface area (Å²) in [4.78, 5) is 17.4. The summed E-state index contributed by atoms with van der Waals surface area (Å²) in [7, 11) is -0.582. The monoisotopic (exact) mass is 476 g/mol. The first-order valence-electron chi connectivity index (χ1n) is 11.0.